The van der Waals surface area contributed by atoms with Gasteiger partial charge in [0.1, 0.15) is 11.5 Å². The molecule has 0 aliphatic carbocycles. The second kappa shape index (κ2) is 8.56. The van der Waals surface area contributed by atoms with Crippen LogP contribution < -0.4 is 14.8 Å². The molecule has 0 aliphatic heterocycles. The van der Waals surface area contributed by atoms with E-state index in [9.17, 15) is 4.79 Å². The summed E-state index contributed by atoms with van der Waals surface area (Å²) in [7, 11) is 0. The number of nitrogens with zero attached hydrogens (tertiary/aromatic N) is 2. The molecule has 1 N–H and O–H groups in total. The number of hydrogen-bond acceptors (Lipinski definition) is 6. The largest absolute Gasteiger partial charge is 0.494 e. The maximum atomic E-state index is 12.5. The van der Waals surface area contributed by atoms with Gasteiger partial charge in [0.15, 0.2) is 11.8 Å². The summed E-state index contributed by atoms with van der Waals surface area (Å²) in [6.45, 7) is 8.15. The lowest BCUT2D eigenvalue weighted by Gasteiger charge is -2.15. The van der Waals surface area contributed by atoms with E-state index >= 15 is 0 Å². The van der Waals surface area contributed by atoms with Crippen LogP contribution >= 0.6 is 0 Å². The first-order valence-electron chi connectivity index (χ1n) is 9.08. The lowest BCUT2D eigenvalue weighted by molar-refractivity contribution is -0.122. The quantitative estimate of drug-likeness (QED) is 0.661. The van der Waals surface area contributed by atoms with Gasteiger partial charge in [0.05, 0.1) is 6.61 Å². The minimum absolute atomic E-state index is 0.241. The first kappa shape index (κ1) is 19.4. The monoisotopic (exact) mass is 381 g/mol. The first-order chi connectivity index (χ1) is 13.5. The van der Waals surface area contributed by atoms with Crippen LogP contribution in [0.2, 0.25) is 0 Å². The van der Waals surface area contributed by atoms with Crippen LogP contribution in [0.4, 0.5) is 5.82 Å². The zero-order valence-corrected chi connectivity index (χ0v) is 16.4. The predicted octanol–water partition coefficient (Wildman–Crippen LogP) is 4.16. The highest BCUT2D eigenvalue weighted by atomic mass is 16.6. The highest BCUT2D eigenvalue weighted by Gasteiger charge is 2.20. The molecule has 0 unspecified atom stereocenters. The van der Waals surface area contributed by atoms with Gasteiger partial charge in [-0.25, -0.2) is 4.63 Å². The average molecular weight is 381 g/mol. The molecule has 0 bridgehead atoms. The number of nitrogens with one attached hydrogen (secondary N) is 1. The van der Waals surface area contributed by atoms with E-state index in [1.807, 2.05) is 63.2 Å². The molecule has 28 heavy (non-hydrogen) atoms. The second-order valence-corrected chi connectivity index (χ2v) is 6.49. The van der Waals surface area contributed by atoms with Crippen LogP contribution in [0.15, 0.2) is 47.1 Å². The van der Waals surface area contributed by atoms with Gasteiger partial charge in [-0.3, -0.25) is 4.79 Å². The maximum Gasteiger partial charge on any atom is 0.266 e. The predicted molar refractivity (Wildman–Crippen MR) is 106 cm³/mol. The number of ether oxygens (including phenoxy) is 2. The van der Waals surface area contributed by atoms with Crippen molar-refractivity contribution >= 4 is 11.7 Å². The Morgan fingerprint density at radius 2 is 1.75 bits per heavy atom. The number of amides is 1. The van der Waals surface area contributed by atoms with Gasteiger partial charge >= 0.3 is 0 Å². The number of anilines is 1. The number of aryl methyl sites for hydroxylation is 2. The Morgan fingerprint density at radius 3 is 2.39 bits per heavy atom. The van der Waals surface area contributed by atoms with E-state index in [0.29, 0.717) is 18.1 Å². The summed E-state index contributed by atoms with van der Waals surface area (Å²) in [5.74, 6) is 1.29. The molecule has 1 aromatic heterocycles. The number of hydrogen-bond donors (Lipinski definition) is 1. The summed E-state index contributed by atoms with van der Waals surface area (Å²) in [6.07, 6.45) is -0.717. The van der Waals surface area contributed by atoms with Crippen molar-refractivity contribution in [2.24, 2.45) is 0 Å². The minimum atomic E-state index is -0.717. The summed E-state index contributed by atoms with van der Waals surface area (Å²) >= 11 is 0. The van der Waals surface area contributed by atoms with Crippen molar-refractivity contribution < 1.29 is 18.9 Å². The molecular weight excluding hydrogens is 358 g/mol. The fraction of sp³-hybridized carbons (Fsp3) is 0.286. The van der Waals surface area contributed by atoms with Crippen LogP contribution in [0.3, 0.4) is 0 Å². The minimum Gasteiger partial charge on any atom is -0.494 e. The third kappa shape index (κ3) is 4.68. The molecule has 1 heterocycles. The lowest BCUT2D eigenvalue weighted by atomic mass is 10.1. The molecule has 3 aromatic rings. The fourth-order valence-corrected chi connectivity index (χ4v) is 2.81. The van der Waals surface area contributed by atoms with Crippen LogP contribution in [0, 0.1) is 13.8 Å². The van der Waals surface area contributed by atoms with Gasteiger partial charge in [0, 0.05) is 5.56 Å². The van der Waals surface area contributed by atoms with Gasteiger partial charge in [0.2, 0.25) is 5.82 Å². The molecule has 0 fully saturated rings. The van der Waals surface area contributed by atoms with Crippen molar-refractivity contribution in [3.63, 3.8) is 0 Å². The van der Waals surface area contributed by atoms with Gasteiger partial charge in [-0.05, 0) is 85.5 Å². The van der Waals surface area contributed by atoms with E-state index in [0.717, 1.165) is 22.4 Å². The van der Waals surface area contributed by atoms with Crippen molar-refractivity contribution in [1.82, 2.24) is 10.3 Å². The normalized spacial score (nSPS) is 11.7. The Labute approximate surface area is 163 Å². The topological polar surface area (TPSA) is 86.5 Å². The van der Waals surface area contributed by atoms with Crippen LogP contribution in [-0.4, -0.2) is 28.9 Å². The lowest BCUT2D eigenvalue weighted by Crippen LogP contribution is -2.30. The molecule has 3 rings (SSSR count). The standard InChI is InChI=1S/C21H23N3O4/c1-5-26-17-8-6-16(7-9-17)19-20(24-28-23-19)22-21(25)15(4)27-18-11-13(2)10-14(3)12-18/h6-12,15H,5H2,1-4H3,(H,22,24,25)/t15-/m1/s1. The molecule has 2 aromatic carbocycles. The zero-order chi connectivity index (χ0) is 20.1. The molecule has 0 radical (unpaired) electrons. The Morgan fingerprint density at radius 1 is 1.07 bits per heavy atom. The third-order valence-corrected chi connectivity index (χ3v) is 4.05. The summed E-state index contributed by atoms with van der Waals surface area (Å²) in [4.78, 5) is 12.5. The number of carbonyl (C=O) groups is 1. The van der Waals surface area contributed by atoms with Crippen molar-refractivity contribution in [3.8, 4) is 22.8 Å². The highest BCUT2D eigenvalue weighted by molar-refractivity contribution is 5.96. The number of benzene rings is 2. The van der Waals surface area contributed by atoms with Crippen molar-refractivity contribution in [3.05, 3.63) is 53.6 Å². The van der Waals surface area contributed by atoms with Crippen LogP contribution in [0.5, 0.6) is 11.5 Å². The van der Waals surface area contributed by atoms with Gasteiger partial charge < -0.3 is 14.8 Å². The van der Waals surface area contributed by atoms with Crippen molar-refractivity contribution in [1.29, 1.82) is 0 Å². The molecular formula is C21H23N3O4. The summed E-state index contributed by atoms with van der Waals surface area (Å²) in [5, 5.41) is 10.4. The van der Waals surface area contributed by atoms with E-state index in [2.05, 4.69) is 15.6 Å². The van der Waals surface area contributed by atoms with E-state index in [4.69, 9.17) is 14.1 Å². The SMILES string of the molecule is CCOc1ccc(-c2nonc2NC(=O)[C@@H](C)Oc2cc(C)cc(C)c2)cc1. The maximum absolute atomic E-state index is 12.5. The molecule has 0 saturated heterocycles. The molecule has 7 nitrogen and oxygen atoms in total. The Bertz CT molecular complexity index is 930. The number of rotatable bonds is 7. The molecule has 0 spiro atoms. The summed E-state index contributed by atoms with van der Waals surface area (Å²) in [6, 6.07) is 13.1. The molecule has 0 saturated carbocycles. The average Bonchev–Trinajstić information content (AvgIpc) is 3.10. The van der Waals surface area contributed by atoms with E-state index in [1.165, 1.54) is 0 Å². The highest BCUT2D eigenvalue weighted by Crippen LogP contribution is 2.26. The van der Waals surface area contributed by atoms with Gasteiger partial charge in [-0.15, -0.1) is 0 Å². The molecule has 1 amide bonds. The van der Waals surface area contributed by atoms with Gasteiger partial charge in [-0.2, -0.15) is 0 Å². The molecule has 146 valence electrons. The van der Waals surface area contributed by atoms with Crippen molar-refractivity contribution in [2.45, 2.75) is 33.8 Å². The first-order valence-corrected chi connectivity index (χ1v) is 9.08. The molecule has 7 heteroatoms. The van der Waals surface area contributed by atoms with Crippen LogP contribution in [0.1, 0.15) is 25.0 Å². The zero-order valence-electron chi connectivity index (χ0n) is 16.4. The third-order valence-electron chi connectivity index (χ3n) is 4.05. The van der Waals surface area contributed by atoms with E-state index < -0.39 is 6.10 Å². The van der Waals surface area contributed by atoms with E-state index in [1.54, 1.807) is 6.92 Å². The molecule has 0 aliphatic rings. The van der Waals surface area contributed by atoms with Crippen LogP contribution in [0.25, 0.3) is 11.3 Å². The second-order valence-electron chi connectivity index (χ2n) is 6.49. The van der Waals surface area contributed by atoms with Crippen molar-refractivity contribution in [2.75, 3.05) is 11.9 Å². The van der Waals surface area contributed by atoms with E-state index in [-0.39, 0.29) is 11.7 Å². The van der Waals surface area contributed by atoms with Gasteiger partial charge in [-0.1, -0.05) is 6.07 Å². The Kier molecular flexibility index (Phi) is 5.93. The summed E-state index contributed by atoms with van der Waals surface area (Å²) in [5.41, 5.74) is 3.33. The fourth-order valence-electron chi connectivity index (χ4n) is 2.81. The number of aromatic nitrogens is 2. The Hall–Kier alpha value is -3.35. The molecule has 1 atom stereocenters. The van der Waals surface area contributed by atoms with Gasteiger partial charge in [0.25, 0.3) is 5.91 Å². The smallest absolute Gasteiger partial charge is 0.266 e. The Balaban J connectivity index is 1.70. The number of carbonyl (C=O) groups excluding carboxylic acids is 1. The van der Waals surface area contributed by atoms with Crippen LogP contribution in [-0.2, 0) is 4.79 Å². The summed E-state index contributed by atoms with van der Waals surface area (Å²) < 4.78 is 16.0.